The highest BCUT2D eigenvalue weighted by atomic mass is 35.5. The monoisotopic (exact) mass is 431 g/mol. The van der Waals surface area contributed by atoms with Gasteiger partial charge in [0, 0.05) is 17.0 Å². The number of alkyl halides is 3. The highest BCUT2D eigenvalue weighted by Crippen LogP contribution is 2.41. The molecule has 0 saturated carbocycles. The van der Waals surface area contributed by atoms with Crippen molar-refractivity contribution in [3.05, 3.63) is 59.1 Å². The molecule has 2 N–H and O–H groups in total. The summed E-state index contributed by atoms with van der Waals surface area (Å²) in [4.78, 5) is 11.9. The van der Waals surface area contributed by atoms with E-state index in [2.05, 4.69) is 5.32 Å². The molecule has 0 aromatic heterocycles. The molecule has 29 heavy (non-hydrogen) atoms. The van der Waals surface area contributed by atoms with Crippen LogP contribution >= 0.6 is 11.6 Å². The largest absolute Gasteiger partial charge is 0.497 e. The number of carbonyl (C=O) groups is 1. The van der Waals surface area contributed by atoms with Crippen molar-refractivity contribution >= 4 is 17.5 Å². The van der Waals surface area contributed by atoms with Gasteiger partial charge in [0.1, 0.15) is 11.5 Å². The van der Waals surface area contributed by atoms with Crippen molar-refractivity contribution in [3.8, 4) is 11.5 Å². The Balaban J connectivity index is 1.86. The highest BCUT2D eigenvalue weighted by molar-refractivity contribution is 6.31. The first-order valence-corrected chi connectivity index (χ1v) is 9.13. The van der Waals surface area contributed by atoms with Crippen LogP contribution < -0.4 is 14.8 Å². The molecule has 0 saturated heterocycles. The summed E-state index contributed by atoms with van der Waals surface area (Å²) < 4.78 is 50.9. The van der Waals surface area contributed by atoms with E-state index in [1.807, 2.05) is 0 Å². The predicted octanol–water partition coefficient (Wildman–Crippen LogP) is 4.07. The molecule has 2 aromatic carbocycles. The Hall–Kier alpha value is -2.45. The Labute approximate surface area is 171 Å². The molecule has 9 heteroatoms. The minimum atomic E-state index is -5.03. The number of hydrogen-bond donors (Lipinski definition) is 2. The number of carbonyl (C=O) groups excluding carboxylic acids is 1. The number of benzene rings is 2. The van der Waals surface area contributed by atoms with Crippen LogP contribution in [0.15, 0.2) is 48.5 Å². The fourth-order valence-electron chi connectivity index (χ4n) is 2.55. The molecule has 2 aromatic rings. The maximum Gasteiger partial charge on any atom is 0.423 e. The van der Waals surface area contributed by atoms with Crippen molar-refractivity contribution in [1.82, 2.24) is 5.32 Å². The Bertz CT molecular complexity index is 814. The van der Waals surface area contributed by atoms with Gasteiger partial charge < -0.3 is 19.9 Å². The topological polar surface area (TPSA) is 67.8 Å². The maximum absolute atomic E-state index is 13.5. The lowest BCUT2D eigenvalue weighted by molar-refractivity contribution is -0.264. The molecule has 0 aliphatic heterocycles. The van der Waals surface area contributed by atoms with E-state index < -0.39 is 29.8 Å². The van der Waals surface area contributed by atoms with Crippen LogP contribution in [0.2, 0.25) is 5.02 Å². The van der Waals surface area contributed by atoms with Crippen LogP contribution in [-0.2, 0) is 10.4 Å². The van der Waals surface area contributed by atoms with E-state index in [1.54, 1.807) is 31.4 Å². The van der Waals surface area contributed by atoms with Gasteiger partial charge in [-0.05, 0) is 36.8 Å². The SMILES string of the molecule is COc1ccc(OCCCC(=O)NCC(O)(c2ccccc2Cl)C(F)(F)F)cc1. The zero-order chi connectivity index (χ0) is 21.5. The van der Waals surface area contributed by atoms with Crippen LogP contribution in [0.4, 0.5) is 13.2 Å². The molecule has 0 heterocycles. The van der Waals surface area contributed by atoms with Crippen LogP contribution in [-0.4, -0.2) is 37.5 Å². The summed E-state index contributed by atoms with van der Waals surface area (Å²) in [5.74, 6) is 0.613. The molecule has 2 rings (SSSR count). The number of hydrogen-bond acceptors (Lipinski definition) is 4. The predicted molar refractivity (Wildman–Crippen MR) is 102 cm³/mol. The summed E-state index contributed by atoms with van der Waals surface area (Å²) >= 11 is 5.81. The Morgan fingerprint density at radius 2 is 1.72 bits per heavy atom. The molecule has 5 nitrogen and oxygen atoms in total. The third-order valence-corrected chi connectivity index (χ3v) is 4.54. The average Bonchev–Trinajstić information content (AvgIpc) is 2.69. The first-order valence-electron chi connectivity index (χ1n) is 8.75. The fourth-order valence-corrected chi connectivity index (χ4v) is 2.85. The van der Waals surface area contributed by atoms with E-state index in [-0.39, 0.29) is 24.5 Å². The van der Waals surface area contributed by atoms with Crippen LogP contribution in [0.3, 0.4) is 0 Å². The van der Waals surface area contributed by atoms with Gasteiger partial charge in [0.25, 0.3) is 0 Å². The number of rotatable bonds is 9. The van der Waals surface area contributed by atoms with Gasteiger partial charge in [0.05, 0.1) is 20.3 Å². The van der Waals surface area contributed by atoms with E-state index in [1.165, 1.54) is 18.2 Å². The second kappa shape index (κ2) is 9.84. The van der Waals surface area contributed by atoms with Crippen LogP contribution in [0.5, 0.6) is 11.5 Å². The molecule has 1 atom stereocenters. The van der Waals surface area contributed by atoms with Gasteiger partial charge in [-0.2, -0.15) is 13.2 Å². The van der Waals surface area contributed by atoms with Gasteiger partial charge in [-0.1, -0.05) is 29.8 Å². The molecule has 1 amide bonds. The van der Waals surface area contributed by atoms with E-state index in [0.717, 1.165) is 6.07 Å². The number of methoxy groups -OCH3 is 1. The second-order valence-corrected chi connectivity index (χ2v) is 6.65. The van der Waals surface area contributed by atoms with Crippen LogP contribution in [0, 0.1) is 0 Å². The van der Waals surface area contributed by atoms with Crippen molar-refractivity contribution in [2.75, 3.05) is 20.3 Å². The molecule has 1 unspecified atom stereocenters. The molecule has 158 valence electrons. The first-order chi connectivity index (χ1) is 13.7. The lowest BCUT2D eigenvalue weighted by atomic mass is 9.92. The van der Waals surface area contributed by atoms with Gasteiger partial charge in [-0.3, -0.25) is 4.79 Å². The normalized spacial score (nSPS) is 13.4. The highest BCUT2D eigenvalue weighted by Gasteiger charge is 2.55. The van der Waals surface area contributed by atoms with Crippen molar-refractivity contribution < 1.29 is 32.5 Å². The summed E-state index contributed by atoms with van der Waals surface area (Å²) in [6, 6.07) is 11.9. The Morgan fingerprint density at radius 1 is 1.10 bits per heavy atom. The minimum absolute atomic E-state index is 0.0629. The van der Waals surface area contributed by atoms with E-state index in [4.69, 9.17) is 21.1 Å². The summed E-state index contributed by atoms with van der Waals surface area (Å²) in [7, 11) is 1.54. The summed E-state index contributed by atoms with van der Waals surface area (Å²) in [5, 5.41) is 12.1. The van der Waals surface area contributed by atoms with Crippen molar-refractivity contribution in [1.29, 1.82) is 0 Å². The van der Waals surface area contributed by atoms with Gasteiger partial charge in [-0.15, -0.1) is 0 Å². The number of halogens is 4. The molecule has 0 bridgehead atoms. The summed E-state index contributed by atoms with van der Waals surface area (Å²) in [6.45, 7) is -0.841. The third-order valence-electron chi connectivity index (χ3n) is 4.21. The van der Waals surface area contributed by atoms with Crippen LogP contribution in [0.25, 0.3) is 0 Å². The third kappa shape index (κ3) is 6.01. The van der Waals surface area contributed by atoms with E-state index >= 15 is 0 Å². The quantitative estimate of drug-likeness (QED) is 0.587. The minimum Gasteiger partial charge on any atom is -0.497 e. The number of aliphatic hydroxyl groups is 1. The van der Waals surface area contributed by atoms with Gasteiger partial charge >= 0.3 is 6.18 Å². The molecular formula is C20H21ClF3NO4. The Morgan fingerprint density at radius 3 is 2.31 bits per heavy atom. The fraction of sp³-hybridized carbons (Fsp3) is 0.350. The van der Waals surface area contributed by atoms with E-state index in [9.17, 15) is 23.1 Å². The Kier molecular flexibility index (Phi) is 7.75. The van der Waals surface area contributed by atoms with Gasteiger partial charge in [0.2, 0.25) is 11.5 Å². The van der Waals surface area contributed by atoms with Crippen molar-refractivity contribution in [2.24, 2.45) is 0 Å². The van der Waals surface area contributed by atoms with Gasteiger partial charge in [-0.25, -0.2) is 0 Å². The average molecular weight is 432 g/mol. The smallest absolute Gasteiger partial charge is 0.423 e. The van der Waals surface area contributed by atoms with Gasteiger partial charge in [0.15, 0.2) is 0 Å². The second-order valence-electron chi connectivity index (χ2n) is 6.24. The molecule has 0 aliphatic carbocycles. The number of ether oxygens (including phenoxy) is 2. The maximum atomic E-state index is 13.5. The standard InChI is InChI=1S/C20H21ClF3NO4/c1-28-14-8-10-15(11-9-14)29-12-4-7-18(26)25-13-19(27,20(22,23)24)16-5-2-3-6-17(16)21/h2-3,5-6,8-11,27H,4,7,12-13H2,1H3,(H,25,26). The van der Waals surface area contributed by atoms with Crippen LogP contribution in [0.1, 0.15) is 18.4 Å². The molecular weight excluding hydrogens is 411 g/mol. The lowest BCUT2D eigenvalue weighted by Gasteiger charge is -2.31. The number of nitrogens with one attached hydrogen (secondary N) is 1. The van der Waals surface area contributed by atoms with Crippen molar-refractivity contribution in [3.63, 3.8) is 0 Å². The summed E-state index contributed by atoms with van der Waals surface area (Å²) in [5.41, 5.74) is -3.81. The van der Waals surface area contributed by atoms with Crippen molar-refractivity contribution in [2.45, 2.75) is 24.6 Å². The molecule has 0 fully saturated rings. The number of amides is 1. The zero-order valence-corrected chi connectivity index (χ0v) is 16.4. The van der Waals surface area contributed by atoms with E-state index in [0.29, 0.717) is 11.5 Å². The molecule has 0 radical (unpaired) electrons. The zero-order valence-electron chi connectivity index (χ0n) is 15.6. The summed E-state index contributed by atoms with van der Waals surface area (Å²) in [6.07, 6.45) is -4.80. The first kappa shape index (κ1) is 22.8. The lowest BCUT2D eigenvalue weighted by Crippen LogP contribution is -2.51. The molecule has 0 aliphatic rings. The molecule has 0 spiro atoms.